The number of aryl methyl sites for hydroxylation is 2. The molecule has 1 aromatic carbocycles. The Hall–Kier alpha value is -3.01. The van der Waals surface area contributed by atoms with Gasteiger partial charge in [0, 0.05) is 37.5 Å². The highest BCUT2D eigenvalue weighted by molar-refractivity contribution is 5.81. The minimum atomic E-state index is -0.895. The van der Waals surface area contributed by atoms with Crippen LogP contribution in [-0.2, 0) is 34.4 Å². The number of esters is 1. The number of rotatable bonds is 10. The Labute approximate surface area is 217 Å². The third-order valence-electron chi connectivity index (χ3n) is 6.66. The van der Waals surface area contributed by atoms with Crippen LogP contribution in [0.3, 0.4) is 0 Å². The number of nitrogens with zero attached hydrogens (tertiary/aromatic N) is 3. The molecule has 0 bridgehead atoms. The lowest BCUT2D eigenvalue weighted by molar-refractivity contribution is -0.150. The lowest BCUT2D eigenvalue weighted by Gasteiger charge is -2.21. The zero-order valence-corrected chi connectivity index (χ0v) is 22.4. The van der Waals surface area contributed by atoms with Crippen LogP contribution in [0.5, 0.6) is 0 Å². The number of imidazole rings is 1. The van der Waals surface area contributed by atoms with Crippen LogP contribution < -0.4 is 10.9 Å². The van der Waals surface area contributed by atoms with Gasteiger partial charge in [-0.25, -0.2) is 4.98 Å². The highest BCUT2D eigenvalue weighted by Gasteiger charge is 2.26. The Balaban J connectivity index is 1.65. The molecule has 37 heavy (non-hydrogen) atoms. The second-order valence-electron chi connectivity index (χ2n) is 10.5. The van der Waals surface area contributed by atoms with Gasteiger partial charge in [0.2, 0.25) is 0 Å². The van der Waals surface area contributed by atoms with Crippen molar-refractivity contribution < 1.29 is 19.4 Å². The molecule has 3 aromatic rings. The van der Waals surface area contributed by atoms with E-state index < -0.39 is 18.1 Å². The summed E-state index contributed by atoms with van der Waals surface area (Å²) in [5.74, 6) is 0.545. The molecule has 1 fully saturated rings. The summed E-state index contributed by atoms with van der Waals surface area (Å²) in [6.45, 7) is 9.43. The topological polar surface area (TPSA) is 108 Å². The van der Waals surface area contributed by atoms with Gasteiger partial charge in [-0.3, -0.25) is 14.9 Å². The second-order valence-corrected chi connectivity index (χ2v) is 10.5. The van der Waals surface area contributed by atoms with E-state index in [0.717, 1.165) is 47.4 Å². The first kappa shape index (κ1) is 27.0. The lowest BCUT2D eigenvalue weighted by Crippen LogP contribution is -2.45. The molecule has 1 aliphatic rings. The monoisotopic (exact) mass is 510 g/mol. The number of carbonyl (C=O) groups excluding carboxylic acids is 1. The van der Waals surface area contributed by atoms with Gasteiger partial charge in [0.25, 0.3) is 5.56 Å². The maximum atomic E-state index is 12.5. The summed E-state index contributed by atoms with van der Waals surface area (Å²) >= 11 is 0. The first-order valence-electron chi connectivity index (χ1n) is 13.0. The van der Waals surface area contributed by atoms with Gasteiger partial charge in [0.1, 0.15) is 11.9 Å². The Kier molecular flexibility index (Phi) is 8.46. The third kappa shape index (κ3) is 6.29. The van der Waals surface area contributed by atoms with Crippen molar-refractivity contribution in [2.45, 2.75) is 71.9 Å². The number of nitrogens with one attached hydrogen (secondary N) is 1. The number of carbonyl (C=O) groups is 1. The van der Waals surface area contributed by atoms with Crippen LogP contribution >= 0.6 is 0 Å². The van der Waals surface area contributed by atoms with Crippen LogP contribution in [0.15, 0.2) is 35.3 Å². The standard InChI is InChI=1S/C28H38N4O5/c1-17(2)16-37-28(35)25(19(4)33)29-13-20-8-9-23-24(12-20)32(15-22-7-6-10-36-22)26(30-23)21-11-18(3)27(34)31(5)14-21/h8-9,11-12,14,17,19,22,25,29,33H,6-7,10,13,15-16H2,1-5H3. The molecule has 9 heteroatoms. The van der Waals surface area contributed by atoms with Gasteiger partial charge in [-0.15, -0.1) is 0 Å². The molecule has 0 spiro atoms. The SMILES string of the molecule is Cc1cc(-c2nc3ccc(CNC(C(=O)OCC(C)C)C(C)O)cc3n2CC2CCCO2)cn(C)c1=O. The van der Waals surface area contributed by atoms with Gasteiger partial charge < -0.3 is 23.7 Å². The van der Waals surface area contributed by atoms with E-state index in [9.17, 15) is 14.7 Å². The van der Waals surface area contributed by atoms with Gasteiger partial charge >= 0.3 is 5.97 Å². The van der Waals surface area contributed by atoms with Crippen LogP contribution in [-0.4, -0.2) is 56.7 Å². The number of hydrogen-bond donors (Lipinski definition) is 2. The molecule has 3 heterocycles. The third-order valence-corrected chi connectivity index (χ3v) is 6.66. The molecule has 2 aromatic heterocycles. The summed E-state index contributed by atoms with van der Waals surface area (Å²) in [4.78, 5) is 29.7. The average Bonchev–Trinajstić information content (AvgIpc) is 3.49. The second kappa shape index (κ2) is 11.6. The molecule has 0 radical (unpaired) electrons. The number of aromatic nitrogens is 3. The first-order chi connectivity index (χ1) is 17.6. The number of hydrogen-bond acceptors (Lipinski definition) is 7. The lowest BCUT2D eigenvalue weighted by atomic mass is 10.1. The molecule has 3 atom stereocenters. The van der Waals surface area contributed by atoms with Crippen molar-refractivity contribution >= 4 is 17.0 Å². The fourth-order valence-corrected chi connectivity index (χ4v) is 4.69. The number of pyridine rings is 1. The number of aliphatic hydroxyl groups is 1. The van der Waals surface area contributed by atoms with Gasteiger partial charge in [0.05, 0.1) is 36.4 Å². The molecule has 1 aliphatic heterocycles. The molecule has 9 nitrogen and oxygen atoms in total. The van der Waals surface area contributed by atoms with E-state index in [2.05, 4.69) is 16.0 Å². The van der Waals surface area contributed by atoms with Gasteiger partial charge in [-0.2, -0.15) is 0 Å². The molecule has 0 saturated carbocycles. The Morgan fingerprint density at radius 1 is 1.30 bits per heavy atom. The Morgan fingerprint density at radius 3 is 2.73 bits per heavy atom. The van der Waals surface area contributed by atoms with Crippen molar-refractivity contribution in [1.29, 1.82) is 0 Å². The Bertz CT molecular complexity index is 1280. The van der Waals surface area contributed by atoms with E-state index in [1.807, 2.05) is 45.2 Å². The molecule has 200 valence electrons. The summed E-state index contributed by atoms with van der Waals surface area (Å²) in [6.07, 6.45) is 3.05. The highest BCUT2D eigenvalue weighted by atomic mass is 16.5. The van der Waals surface area contributed by atoms with Crippen LogP contribution in [0.25, 0.3) is 22.4 Å². The predicted octanol–water partition coefficient (Wildman–Crippen LogP) is 2.93. The summed E-state index contributed by atoms with van der Waals surface area (Å²) in [7, 11) is 1.75. The van der Waals surface area contributed by atoms with Gasteiger partial charge in [-0.1, -0.05) is 19.9 Å². The normalized spacial score (nSPS) is 17.4. The largest absolute Gasteiger partial charge is 0.464 e. The quantitative estimate of drug-likeness (QED) is 0.404. The molecule has 0 amide bonds. The maximum Gasteiger partial charge on any atom is 0.325 e. The summed E-state index contributed by atoms with van der Waals surface area (Å²) < 4.78 is 15.0. The van der Waals surface area contributed by atoms with Gasteiger partial charge in [-0.05, 0) is 56.4 Å². The van der Waals surface area contributed by atoms with Crippen molar-refractivity contribution in [1.82, 2.24) is 19.4 Å². The van der Waals surface area contributed by atoms with E-state index in [0.29, 0.717) is 25.3 Å². The van der Waals surface area contributed by atoms with Gasteiger partial charge in [0.15, 0.2) is 0 Å². The smallest absolute Gasteiger partial charge is 0.325 e. The van der Waals surface area contributed by atoms with Crippen molar-refractivity contribution in [3.63, 3.8) is 0 Å². The average molecular weight is 511 g/mol. The fourth-order valence-electron chi connectivity index (χ4n) is 4.69. The number of fused-ring (bicyclic) bond motifs is 1. The molecule has 0 aliphatic carbocycles. The zero-order valence-electron chi connectivity index (χ0n) is 22.4. The molecular formula is C28H38N4O5. The van der Waals surface area contributed by atoms with Crippen molar-refractivity contribution in [3.8, 4) is 11.4 Å². The number of benzene rings is 1. The van der Waals surface area contributed by atoms with E-state index in [1.54, 1.807) is 18.5 Å². The Morgan fingerprint density at radius 2 is 2.08 bits per heavy atom. The van der Waals surface area contributed by atoms with E-state index in [1.165, 1.54) is 0 Å². The molecular weight excluding hydrogens is 472 g/mol. The summed E-state index contributed by atoms with van der Waals surface area (Å²) in [5.41, 5.74) is 4.24. The summed E-state index contributed by atoms with van der Waals surface area (Å²) in [5, 5.41) is 13.3. The zero-order chi connectivity index (χ0) is 26.7. The van der Waals surface area contributed by atoms with E-state index in [4.69, 9.17) is 14.5 Å². The van der Waals surface area contributed by atoms with Crippen LogP contribution in [0.1, 0.15) is 44.7 Å². The fraction of sp³-hybridized carbons (Fsp3) is 0.536. The molecule has 2 N–H and O–H groups in total. The van der Waals surface area contributed by atoms with Crippen molar-refractivity contribution in [3.05, 3.63) is 51.9 Å². The molecule has 3 unspecified atom stereocenters. The van der Waals surface area contributed by atoms with Crippen LogP contribution in [0.4, 0.5) is 0 Å². The molecule has 1 saturated heterocycles. The minimum absolute atomic E-state index is 0.0292. The predicted molar refractivity (Wildman–Crippen MR) is 142 cm³/mol. The van der Waals surface area contributed by atoms with Crippen LogP contribution in [0.2, 0.25) is 0 Å². The summed E-state index contributed by atoms with van der Waals surface area (Å²) in [6, 6.07) is 7.04. The van der Waals surface area contributed by atoms with E-state index >= 15 is 0 Å². The maximum absolute atomic E-state index is 12.5. The highest BCUT2D eigenvalue weighted by Crippen LogP contribution is 2.28. The first-order valence-corrected chi connectivity index (χ1v) is 13.0. The number of ether oxygens (including phenoxy) is 2. The minimum Gasteiger partial charge on any atom is -0.464 e. The van der Waals surface area contributed by atoms with Crippen molar-refractivity contribution in [2.24, 2.45) is 13.0 Å². The number of aliphatic hydroxyl groups excluding tert-OH is 1. The van der Waals surface area contributed by atoms with E-state index in [-0.39, 0.29) is 17.6 Å². The molecule has 4 rings (SSSR count). The van der Waals surface area contributed by atoms with Crippen LogP contribution in [0, 0.1) is 12.8 Å². The van der Waals surface area contributed by atoms with Crippen molar-refractivity contribution in [2.75, 3.05) is 13.2 Å².